The molecule has 0 aromatic heterocycles. The number of benzene rings is 3. The summed E-state index contributed by atoms with van der Waals surface area (Å²) < 4.78 is 5.06. The molecule has 3 aromatic rings. The molecular weight excluding hydrogens is 452 g/mol. The van der Waals surface area contributed by atoms with Gasteiger partial charge in [-0.3, -0.25) is 24.5 Å². The number of Topliss-reactive ketones (excluding diaryl/α,β-unsaturated/α-hetero) is 1. The number of nitro groups is 1. The van der Waals surface area contributed by atoms with Crippen molar-refractivity contribution >= 4 is 46.5 Å². The summed E-state index contributed by atoms with van der Waals surface area (Å²) in [5, 5.41) is 11.7. The fourth-order valence-corrected chi connectivity index (χ4v) is 3.49. The molecule has 3 aromatic carbocycles. The molecule has 0 fully saturated rings. The molecule has 0 N–H and O–H groups in total. The van der Waals surface area contributed by atoms with Gasteiger partial charge in [0, 0.05) is 16.7 Å². The van der Waals surface area contributed by atoms with Crippen LogP contribution in [0.3, 0.4) is 0 Å². The normalized spacial score (nSPS) is 12.5. The highest BCUT2D eigenvalue weighted by atomic mass is 35.5. The maximum Gasteiger partial charge on any atom is 0.338 e. The van der Waals surface area contributed by atoms with E-state index in [1.54, 1.807) is 0 Å². The highest BCUT2D eigenvalue weighted by molar-refractivity contribution is 6.35. The van der Waals surface area contributed by atoms with E-state index in [9.17, 15) is 29.3 Å². The lowest BCUT2D eigenvalue weighted by molar-refractivity contribution is -0.385. The number of rotatable bonds is 6. The summed E-state index contributed by atoms with van der Waals surface area (Å²) in [4.78, 5) is 61.6. The van der Waals surface area contributed by atoms with Crippen LogP contribution in [-0.2, 0) is 4.74 Å². The number of nitrogens with zero attached hydrogens (tertiary/aromatic N) is 2. The van der Waals surface area contributed by atoms with Crippen molar-refractivity contribution in [3.63, 3.8) is 0 Å². The largest absolute Gasteiger partial charge is 0.454 e. The number of hydrogen-bond donors (Lipinski definition) is 0. The average molecular weight is 465 g/mol. The third-order valence-corrected chi connectivity index (χ3v) is 5.18. The maximum absolute atomic E-state index is 12.8. The first kappa shape index (κ1) is 21.8. The number of ketones is 1. The van der Waals surface area contributed by atoms with Gasteiger partial charge in [0.25, 0.3) is 17.5 Å². The van der Waals surface area contributed by atoms with Crippen LogP contribution in [0.5, 0.6) is 0 Å². The minimum Gasteiger partial charge on any atom is -0.454 e. The van der Waals surface area contributed by atoms with Gasteiger partial charge in [-0.15, -0.1) is 0 Å². The van der Waals surface area contributed by atoms with E-state index in [-0.39, 0.29) is 22.4 Å². The van der Waals surface area contributed by atoms with Crippen molar-refractivity contribution in [3.8, 4) is 0 Å². The summed E-state index contributed by atoms with van der Waals surface area (Å²) in [5.41, 5.74) is -0.556. The van der Waals surface area contributed by atoms with Crippen molar-refractivity contribution in [1.82, 2.24) is 0 Å². The summed E-state index contributed by atoms with van der Waals surface area (Å²) in [7, 11) is 0. The van der Waals surface area contributed by atoms with E-state index in [1.807, 2.05) is 0 Å². The lowest BCUT2D eigenvalue weighted by Crippen LogP contribution is -2.29. The second-order valence-electron chi connectivity index (χ2n) is 6.96. The van der Waals surface area contributed by atoms with Crippen LogP contribution in [-0.4, -0.2) is 35.1 Å². The first-order chi connectivity index (χ1) is 15.8. The van der Waals surface area contributed by atoms with Gasteiger partial charge in [-0.2, -0.15) is 0 Å². The minimum absolute atomic E-state index is 0.0116. The smallest absolute Gasteiger partial charge is 0.338 e. The second-order valence-corrected chi connectivity index (χ2v) is 7.40. The number of nitro benzene ring substituents is 1. The number of carbonyl (C=O) groups excluding carboxylic acids is 4. The van der Waals surface area contributed by atoms with E-state index in [2.05, 4.69) is 0 Å². The van der Waals surface area contributed by atoms with Crippen LogP contribution in [0.15, 0.2) is 66.7 Å². The number of halogens is 1. The van der Waals surface area contributed by atoms with Gasteiger partial charge in [0.1, 0.15) is 5.56 Å². The topological polar surface area (TPSA) is 124 Å². The van der Waals surface area contributed by atoms with Gasteiger partial charge in [0.15, 0.2) is 12.4 Å². The van der Waals surface area contributed by atoms with Crippen LogP contribution in [0.25, 0.3) is 0 Å². The predicted molar refractivity (Wildman–Crippen MR) is 117 cm³/mol. The number of ether oxygens (including phenoxy) is 1. The molecule has 0 saturated heterocycles. The number of anilines is 1. The van der Waals surface area contributed by atoms with Gasteiger partial charge in [-0.25, -0.2) is 9.69 Å². The molecule has 10 heteroatoms. The summed E-state index contributed by atoms with van der Waals surface area (Å²) in [6.45, 7) is -0.524. The number of amides is 2. The first-order valence-electron chi connectivity index (χ1n) is 9.50. The van der Waals surface area contributed by atoms with Gasteiger partial charge in [-0.05, 0) is 48.5 Å². The molecule has 1 aliphatic heterocycles. The third kappa shape index (κ3) is 4.09. The molecule has 0 bridgehead atoms. The van der Waals surface area contributed by atoms with Crippen molar-refractivity contribution in [1.29, 1.82) is 0 Å². The van der Waals surface area contributed by atoms with Crippen molar-refractivity contribution in [2.75, 3.05) is 11.5 Å². The van der Waals surface area contributed by atoms with Crippen molar-refractivity contribution in [2.24, 2.45) is 0 Å². The number of fused-ring (bicyclic) bond motifs is 1. The molecule has 0 saturated carbocycles. The Morgan fingerprint density at radius 1 is 0.939 bits per heavy atom. The fourth-order valence-electron chi connectivity index (χ4n) is 3.36. The van der Waals surface area contributed by atoms with Crippen LogP contribution >= 0.6 is 11.6 Å². The molecule has 4 rings (SSSR count). The molecule has 0 spiro atoms. The quantitative estimate of drug-likeness (QED) is 0.177. The number of carbonyl (C=O) groups is 4. The average Bonchev–Trinajstić information content (AvgIpc) is 3.07. The SMILES string of the molecule is O=C(COC(=O)c1cccc(N2C(=O)c3cccc([N+](=O)[O-])c3C2=O)c1)c1ccc(Cl)cc1. The molecule has 33 heavy (non-hydrogen) atoms. The molecule has 164 valence electrons. The van der Waals surface area contributed by atoms with Crippen molar-refractivity contribution in [3.05, 3.63) is 104 Å². The van der Waals surface area contributed by atoms with Gasteiger partial charge >= 0.3 is 5.97 Å². The van der Waals surface area contributed by atoms with Crippen molar-refractivity contribution < 1.29 is 28.8 Å². The molecule has 0 atom stereocenters. The van der Waals surface area contributed by atoms with Gasteiger partial charge in [0.2, 0.25) is 0 Å². The van der Waals surface area contributed by atoms with Crippen LogP contribution in [0.2, 0.25) is 5.02 Å². The third-order valence-electron chi connectivity index (χ3n) is 4.93. The number of hydrogen-bond acceptors (Lipinski definition) is 7. The predicted octanol–water partition coefficient (Wildman–Crippen LogP) is 4.09. The van der Waals surface area contributed by atoms with Crippen LogP contribution in [0, 0.1) is 10.1 Å². The molecule has 0 unspecified atom stereocenters. The highest BCUT2D eigenvalue weighted by Gasteiger charge is 2.41. The Hall–Kier alpha value is -4.37. The zero-order chi connectivity index (χ0) is 23.7. The molecular formula is C23H13ClN2O7. The maximum atomic E-state index is 12.8. The van der Waals surface area contributed by atoms with Gasteiger partial charge in [-0.1, -0.05) is 23.7 Å². The lowest BCUT2D eigenvalue weighted by Gasteiger charge is -2.14. The van der Waals surface area contributed by atoms with Crippen LogP contribution < -0.4 is 4.90 Å². The van der Waals surface area contributed by atoms with Crippen molar-refractivity contribution in [2.45, 2.75) is 0 Å². The Labute approximate surface area is 191 Å². The van der Waals surface area contributed by atoms with E-state index in [1.165, 1.54) is 60.7 Å². The fraction of sp³-hybridized carbons (Fsp3) is 0.0435. The van der Waals surface area contributed by atoms with Gasteiger partial charge < -0.3 is 4.74 Å². The molecule has 9 nitrogen and oxygen atoms in total. The molecule has 0 aliphatic carbocycles. The monoisotopic (exact) mass is 464 g/mol. The Balaban J connectivity index is 1.54. The van der Waals surface area contributed by atoms with E-state index >= 15 is 0 Å². The second kappa shape index (κ2) is 8.64. The highest BCUT2D eigenvalue weighted by Crippen LogP contribution is 2.34. The van der Waals surface area contributed by atoms with Gasteiger partial charge in [0.05, 0.1) is 21.7 Å². The standard InChI is InChI=1S/C23H13ClN2O7/c24-15-9-7-13(8-10-15)19(27)12-33-23(30)14-3-1-4-16(11-14)25-21(28)17-5-2-6-18(26(31)32)20(17)22(25)29/h1-11H,12H2. The molecule has 2 amide bonds. The summed E-state index contributed by atoms with van der Waals surface area (Å²) in [6.07, 6.45) is 0. The van der Waals surface area contributed by atoms with Crippen LogP contribution in [0.1, 0.15) is 41.4 Å². The number of imide groups is 1. The lowest BCUT2D eigenvalue weighted by atomic mass is 10.1. The summed E-state index contributed by atoms with van der Waals surface area (Å²) in [6, 6.07) is 15.3. The Morgan fingerprint density at radius 3 is 2.33 bits per heavy atom. The minimum atomic E-state index is -0.870. The van der Waals surface area contributed by atoms with E-state index < -0.39 is 40.8 Å². The first-order valence-corrected chi connectivity index (χ1v) is 9.88. The number of esters is 1. The summed E-state index contributed by atoms with van der Waals surface area (Å²) >= 11 is 5.78. The molecule has 1 heterocycles. The summed E-state index contributed by atoms with van der Waals surface area (Å²) in [5.74, 6) is -2.90. The molecule has 1 aliphatic rings. The Kier molecular flexibility index (Phi) is 5.72. The Bertz CT molecular complexity index is 1330. The van der Waals surface area contributed by atoms with E-state index in [4.69, 9.17) is 16.3 Å². The van der Waals surface area contributed by atoms with E-state index in [0.29, 0.717) is 10.6 Å². The molecule has 0 radical (unpaired) electrons. The Morgan fingerprint density at radius 2 is 1.64 bits per heavy atom. The van der Waals surface area contributed by atoms with Crippen LogP contribution in [0.4, 0.5) is 11.4 Å². The zero-order valence-corrected chi connectivity index (χ0v) is 17.4. The zero-order valence-electron chi connectivity index (χ0n) is 16.7. The van der Waals surface area contributed by atoms with E-state index in [0.717, 1.165) is 11.0 Å².